The van der Waals surface area contributed by atoms with Crippen molar-refractivity contribution in [1.29, 1.82) is 0 Å². The van der Waals surface area contributed by atoms with Crippen molar-refractivity contribution in [2.24, 2.45) is 0 Å². The first-order valence-electron chi connectivity index (χ1n) is 7.82. The third kappa shape index (κ3) is 4.63. The lowest BCUT2D eigenvalue weighted by Crippen LogP contribution is -2.30. The molecule has 2 N–H and O–H groups in total. The molecule has 0 atom stereocenters. The summed E-state index contributed by atoms with van der Waals surface area (Å²) in [6, 6.07) is 18.5. The van der Waals surface area contributed by atoms with Crippen LogP contribution in [0.2, 0.25) is 0 Å². The maximum absolute atomic E-state index is 5.35. The van der Waals surface area contributed by atoms with Gasteiger partial charge in [-0.15, -0.1) is 11.3 Å². The van der Waals surface area contributed by atoms with Crippen LogP contribution in [-0.2, 0) is 6.42 Å². The molecular formula is C19H19N3S2. The molecule has 0 radical (unpaired) electrons. The standard InChI is InChI=1S/C19H19N3S2/c1-14-21-18(13-24-14)16-7-9-17(10-8-16)22-19(23)20-12-11-15-5-3-2-4-6-15/h2-10,13H,11-12H2,1H3,(H2,20,22,23). The van der Waals surface area contributed by atoms with Crippen molar-refractivity contribution >= 4 is 34.4 Å². The van der Waals surface area contributed by atoms with Gasteiger partial charge in [-0.25, -0.2) is 4.98 Å². The zero-order valence-corrected chi connectivity index (χ0v) is 15.1. The lowest BCUT2D eigenvalue weighted by molar-refractivity contribution is 0.873. The van der Waals surface area contributed by atoms with E-state index in [1.54, 1.807) is 11.3 Å². The maximum atomic E-state index is 5.35. The number of hydrogen-bond donors (Lipinski definition) is 2. The molecule has 0 spiro atoms. The van der Waals surface area contributed by atoms with Gasteiger partial charge < -0.3 is 10.6 Å². The molecule has 0 saturated carbocycles. The lowest BCUT2D eigenvalue weighted by atomic mass is 10.1. The van der Waals surface area contributed by atoms with E-state index in [2.05, 4.69) is 57.4 Å². The van der Waals surface area contributed by atoms with Crippen LogP contribution in [-0.4, -0.2) is 16.6 Å². The Morgan fingerprint density at radius 2 is 1.83 bits per heavy atom. The van der Waals surface area contributed by atoms with Gasteiger partial charge in [-0.1, -0.05) is 42.5 Å². The Bertz CT molecular complexity index is 795. The Morgan fingerprint density at radius 1 is 1.08 bits per heavy atom. The Morgan fingerprint density at radius 3 is 2.50 bits per heavy atom. The molecule has 122 valence electrons. The highest BCUT2D eigenvalue weighted by molar-refractivity contribution is 7.80. The van der Waals surface area contributed by atoms with Crippen molar-refractivity contribution in [3.63, 3.8) is 0 Å². The van der Waals surface area contributed by atoms with Gasteiger partial charge in [-0.05, 0) is 43.3 Å². The number of nitrogens with zero attached hydrogens (tertiary/aromatic N) is 1. The fraction of sp³-hybridized carbons (Fsp3) is 0.158. The summed E-state index contributed by atoms with van der Waals surface area (Å²) in [5, 5.41) is 10.3. The monoisotopic (exact) mass is 353 g/mol. The zero-order valence-electron chi connectivity index (χ0n) is 13.5. The van der Waals surface area contributed by atoms with Crippen molar-refractivity contribution in [3.8, 4) is 11.3 Å². The third-order valence-corrected chi connectivity index (χ3v) is 4.62. The number of nitrogens with one attached hydrogen (secondary N) is 2. The molecule has 0 aliphatic carbocycles. The smallest absolute Gasteiger partial charge is 0.170 e. The number of thiocarbonyl (C=S) groups is 1. The molecule has 3 nitrogen and oxygen atoms in total. The van der Waals surface area contributed by atoms with Gasteiger partial charge in [-0.3, -0.25) is 0 Å². The number of anilines is 1. The normalized spacial score (nSPS) is 10.4. The number of aromatic nitrogens is 1. The molecular weight excluding hydrogens is 334 g/mol. The van der Waals surface area contributed by atoms with E-state index < -0.39 is 0 Å². The number of aryl methyl sites for hydroxylation is 1. The summed E-state index contributed by atoms with van der Waals surface area (Å²) < 4.78 is 0. The highest BCUT2D eigenvalue weighted by atomic mass is 32.1. The Balaban J connectivity index is 1.49. The van der Waals surface area contributed by atoms with Crippen LogP contribution < -0.4 is 10.6 Å². The fourth-order valence-corrected chi connectivity index (χ4v) is 3.20. The van der Waals surface area contributed by atoms with Crippen molar-refractivity contribution in [2.75, 3.05) is 11.9 Å². The van der Waals surface area contributed by atoms with E-state index in [9.17, 15) is 0 Å². The predicted octanol–water partition coefficient (Wildman–Crippen LogP) is 4.65. The van der Waals surface area contributed by atoms with E-state index in [1.807, 2.05) is 25.1 Å². The van der Waals surface area contributed by atoms with E-state index >= 15 is 0 Å². The summed E-state index contributed by atoms with van der Waals surface area (Å²) >= 11 is 7.01. The lowest BCUT2D eigenvalue weighted by Gasteiger charge is -2.11. The average Bonchev–Trinajstić information content (AvgIpc) is 3.03. The van der Waals surface area contributed by atoms with Crippen molar-refractivity contribution in [3.05, 3.63) is 70.5 Å². The summed E-state index contributed by atoms with van der Waals surface area (Å²) in [6.45, 7) is 2.83. The molecule has 1 aromatic heterocycles. The summed E-state index contributed by atoms with van der Waals surface area (Å²) in [5.41, 5.74) is 4.42. The SMILES string of the molecule is Cc1nc(-c2ccc(NC(=S)NCCc3ccccc3)cc2)cs1. The Labute approximate surface area is 151 Å². The topological polar surface area (TPSA) is 37.0 Å². The van der Waals surface area contributed by atoms with Gasteiger partial charge in [-0.2, -0.15) is 0 Å². The average molecular weight is 354 g/mol. The third-order valence-electron chi connectivity index (χ3n) is 3.60. The molecule has 3 rings (SSSR count). The molecule has 5 heteroatoms. The van der Waals surface area contributed by atoms with Crippen molar-refractivity contribution in [1.82, 2.24) is 10.3 Å². The number of thiazole rings is 1. The first-order chi connectivity index (χ1) is 11.7. The highest BCUT2D eigenvalue weighted by Gasteiger charge is 2.03. The van der Waals surface area contributed by atoms with Gasteiger partial charge >= 0.3 is 0 Å². The second-order valence-electron chi connectivity index (χ2n) is 5.45. The molecule has 24 heavy (non-hydrogen) atoms. The van der Waals surface area contributed by atoms with Gasteiger partial charge in [0.05, 0.1) is 10.7 Å². The maximum Gasteiger partial charge on any atom is 0.170 e. The largest absolute Gasteiger partial charge is 0.362 e. The Hall–Kier alpha value is -2.24. The summed E-state index contributed by atoms with van der Waals surface area (Å²) in [6.07, 6.45) is 0.949. The molecule has 1 heterocycles. The van der Waals surface area contributed by atoms with Crippen LogP contribution in [0.1, 0.15) is 10.6 Å². The minimum atomic E-state index is 0.642. The molecule has 0 fully saturated rings. The molecule has 0 aliphatic heterocycles. The van der Waals surface area contributed by atoms with E-state index in [0.717, 1.165) is 34.9 Å². The van der Waals surface area contributed by atoms with Crippen LogP contribution in [0.25, 0.3) is 11.3 Å². The van der Waals surface area contributed by atoms with Gasteiger partial charge in [0.15, 0.2) is 5.11 Å². The number of rotatable bonds is 5. The van der Waals surface area contributed by atoms with Gasteiger partial charge in [0.1, 0.15) is 0 Å². The zero-order chi connectivity index (χ0) is 16.8. The van der Waals surface area contributed by atoms with Crippen molar-refractivity contribution < 1.29 is 0 Å². The number of hydrogen-bond acceptors (Lipinski definition) is 3. The minimum Gasteiger partial charge on any atom is -0.362 e. The highest BCUT2D eigenvalue weighted by Crippen LogP contribution is 2.23. The van der Waals surface area contributed by atoms with Crippen LogP contribution in [0.3, 0.4) is 0 Å². The van der Waals surface area contributed by atoms with Crippen LogP contribution >= 0.6 is 23.6 Å². The van der Waals surface area contributed by atoms with Crippen LogP contribution in [0, 0.1) is 6.92 Å². The molecule has 0 amide bonds. The fourth-order valence-electron chi connectivity index (χ4n) is 2.36. The van der Waals surface area contributed by atoms with E-state index in [-0.39, 0.29) is 0 Å². The first-order valence-corrected chi connectivity index (χ1v) is 9.11. The van der Waals surface area contributed by atoms with Gasteiger partial charge in [0.2, 0.25) is 0 Å². The predicted molar refractivity (Wildman–Crippen MR) is 107 cm³/mol. The van der Waals surface area contributed by atoms with E-state index in [4.69, 9.17) is 12.2 Å². The molecule has 2 aromatic carbocycles. The first kappa shape index (κ1) is 16.6. The summed E-state index contributed by atoms with van der Waals surface area (Å²) in [4.78, 5) is 4.50. The van der Waals surface area contributed by atoms with Crippen molar-refractivity contribution in [2.45, 2.75) is 13.3 Å². The summed E-state index contributed by atoms with van der Waals surface area (Å²) in [7, 11) is 0. The Kier molecular flexibility index (Phi) is 5.56. The quantitative estimate of drug-likeness (QED) is 0.655. The van der Waals surface area contributed by atoms with Gasteiger partial charge in [0.25, 0.3) is 0 Å². The van der Waals surface area contributed by atoms with Crippen LogP contribution in [0.5, 0.6) is 0 Å². The second kappa shape index (κ2) is 8.04. The van der Waals surface area contributed by atoms with E-state index in [1.165, 1.54) is 5.56 Å². The molecule has 0 aliphatic rings. The molecule has 3 aromatic rings. The molecule has 0 bridgehead atoms. The van der Waals surface area contributed by atoms with Crippen LogP contribution in [0.15, 0.2) is 60.0 Å². The van der Waals surface area contributed by atoms with Crippen LogP contribution in [0.4, 0.5) is 5.69 Å². The minimum absolute atomic E-state index is 0.642. The second-order valence-corrected chi connectivity index (χ2v) is 6.92. The van der Waals surface area contributed by atoms with E-state index in [0.29, 0.717) is 5.11 Å². The molecule has 0 unspecified atom stereocenters. The molecule has 0 saturated heterocycles. The summed E-state index contributed by atoms with van der Waals surface area (Å²) in [5.74, 6) is 0. The van der Waals surface area contributed by atoms with Gasteiger partial charge in [0, 0.05) is 23.2 Å². The number of benzene rings is 2.